The van der Waals surface area contributed by atoms with Gasteiger partial charge in [0.25, 0.3) is 0 Å². The fourth-order valence-corrected chi connectivity index (χ4v) is 2.69. The van der Waals surface area contributed by atoms with Crippen molar-refractivity contribution in [3.8, 4) is 11.5 Å². The van der Waals surface area contributed by atoms with E-state index >= 15 is 0 Å². The highest BCUT2D eigenvalue weighted by Gasteiger charge is 2.04. The van der Waals surface area contributed by atoms with Crippen molar-refractivity contribution in [2.75, 3.05) is 33.9 Å². The first-order chi connectivity index (χ1) is 13.2. The molecule has 0 fully saturated rings. The smallest absolute Gasteiger partial charge is 0.191 e. The highest BCUT2D eigenvalue weighted by molar-refractivity contribution is 14.0. The van der Waals surface area contributed by atoms with Crippen molar-refractivity contribution in [3.63, 3.8) is 0 Å². The first kappa shape index (κ1) is 24.0. The minimum atomic E-state index is -0.206. The van der Waals surface area contributed by atoms with E-state index in [2.05, 4.69) is 15.6 Å². The standard InChI is InChI=1S/C21H28FN3O2.HI/c1-4-23-21(24-12-10-16-6-5-7-18(22)14-16)25-13-11-17-8-9-19(26-2)20(15-17)27-3;/h5-9,14-15H,4,10-13H2,1-3H3,(H2,23,24,25);1H. The van der Waals surface area contributed by atoms with Crippen LogP contribution in [0.1, 0.15) is 18.1 Å². The van der Waals surface area contributed by atoms with Crippen LogP contribution in [0.2, 0.25) is 0 Å². The summed E-state index contributed by atoms with van der Waals surface area (Å²) < 4.78 is 23.8. The van der Waals surface area contributed by atoms with Crippen molar-refractivity contribution in [2.45, 2.75) is 19.8 Å². The van der Waals surface area contributed by atoms with E-state index in [9.17, 15) is 4.39 Å². The minimum Gasteiger partial charge on any atom is -0.493 e. The van der Waals surface area contributed by atoms with Gasteiger partial charge in [-0.15, -0.1) is 24.0 Å². The number of halogens is 2. The molecule has 0 aliphatic heterocycles. The van der Waals surface area contributed by atoms with Crippen LogP contribution in [0.4, 0.5) is 4.39 Å². The fourth-order valence-electron chi connectivity index (χ4n) is 2.69. The number of nitrogens with one attached hydrogen (secondary N) is 2. The molecule has 28 heavy (non-hydrogen) atoms. The van der Waals surface area contributed by atoms with E-state index in [1.807, 2.05) is 31.2 Å². The molecule has 0 amide bonds. The number of guanidine groups is 1. The van der Waals surface area contributed by atoms with Crippen LogP contribution in [-0.4, -0.2) is 39.8 Å². The van der Waals surface area contributed by atoms with E-state index < -0.39 is 0 Å². The molecule has 2 aromatic rings. The third-order valence-corrected chi connectivity index (χ3v) is 4.06. The van der Waals surface area contributed by atoms with Crippen LogP contribution in [0, 0.1) is 5.82 Å². The van der Waals surface area contributed by atoms with Gasteiger partial charge in [0.1, 0.15) is 5.82 Å². The van der Waals surface area contributed by atoms with Crippen LogP contribution in [0.25, 0.3) is 0 Å². The number of aliphatic imine (C=N–C) groups is 1. The number of benzene rings is 2. The van der Waals surface area contributed by atoms with Crippen molar-refractivity contribution >= 4 is 29.9 Å². The molecule has 0 aliphatic rings. The molecular formula is C21H29FIN3O2. The molecular weight excluding hydrogens is 472 g/mol. The van der Waals surface area contributed by atoms with Crippen LogP contribution >= 0.6 is 24.0 Å². The van der Waals surface area contributed by atoms with Gasteiger partial charge < -0.3 is 20.1 Å². The van der Waals surface area contributed by atoms with E-state index in [1.165, 1.54) is 6.07 Å². The zero-order chi connectivity index (χ0) is 19.5. The van der Waals surface area contributed by atoms with Crippen molar-refractivity contribution in [2.24, 2.45) is 4.99 Å². The molecule has 0 heterocycles. The van der Waals surface area contributed by atoms with Gasteiger partial charge >= 0.3 is 0 Å². The predicted octanol–water partition coefficient (Wildman–Crippen LogP) is 3.80. The number of ether oxygens (including phenoxy) is 2. The van der Waals surface area contributed by atoms with E-state index in [1.54, 1.807) is 26.4 Å². The lowest BCUT2D eigenvalue weighted by Gasteiger charge is -2.12. The van der Waals surface area contributed by atoms with Gasteiger partial charge in [0.15, 0.2) is 17.5 Å². The molecule has 154 valence electrons. The largest absolute Gasteiger partial charge is 0.493 e. The van der Waals surface area contributed by atoms with Crippen LogP contribution in [0.3, 0.4) is 0 Å². The summed E-state index contributed by atoms with van der Waals surface area (Å²) in [5.41, 5.74) is 2.09. The maximum absolute atomic E-state index is 13.2. The molecule has 0 radical (unpaired) electrons. The minimum absolute atomic E-state index is 0. The number of methoxy groups -OCH3 is 2. The molecule has 7 heteroatoms. The number of hydrogen-bond acceptors (Lipinski definition) is 3. The topological polar surface area (TPSA) is 54.9 Å². The van der Waals surface area contributed by atoms with Crippen molar-refractivity contribution in [3.05, 3.63) is 59.4 Å². The molecule has 2 aromatic carbocycles. The van der Waals surface area contributed by atoms with Crippen molar-refractivity contribution in [1.29, 1.82) is 0 Å². The van der Waals surface area contributed by atoms with Gasteiger partial charge in [-0.1, -0.05) is 18.2 Å². The van der Waals surface area contributed by atoms with E-state index in [0.29, 0.717) is 13.1 Å². The number of rotatable bonds is 9. The first-order valence-electron chi connectivity index (χ1n) is 9.13. The van der Waals surface area contributed by atoms with Gasteiger partial charge in [0.2, 0.25) is 0 Å². The van der Waals surface area contributed by atoms with E-state index in [0.717, 1.165) is 48.0 Å². The maximum Gasteiger partial charge on any atom is 0.191 e. The Morgan fingerprint density at radius 2 is 1.71 bits per heavy atom. The summed E-state index contributed by atoms with van der Waals surface area (Å²) in [7, 11) is 3.26. The Bertz CT molecular complexity index is 756. The molecule has 5 nitrogen and oxygen atoms in total. The molecule has 2 rings (SSSR count). The van der Waals surface area contributed by atoms with Crippen molar-refractivity contribution < 1.29 is 13.9 Å². The zero-order valence-corrected chi connectivity index (χ0v) is 19.0. The Morgan fingerprint density at radius 3 is 2.39 bits per heavy atom. The molecule has 0 saturated heterocycles. The molecule has 0 bridgehead atoms. The number of hydrogen-bond donors (Lipinski definition) is 2. The van der Waals surface area contributed by atoms with E-state index in [4.69, 9.17) is 9.47 Å². The predicted molar refractivity (Wildman–Crippen MR) is 123 cm³/mol. The van der Waals surface area contributed by atoms with Gasteiger partial charge in [0, 0.05) is 19.6 Å². The second kappa shape index (κ2) is 13.2. The summed E-state index contributed by atoms with van der Waals surface area (Å²) in [6.45, 7) is 4.14. The summed E-state index contributed by atoms with van der Waals surface area (Å²) in [6.07, 6.45) is 1.53. The monoisotopic (exact) mass is 501 g/mol. The summed E-state index contributed by atoms with van der Waals surface area (Å²) in [5.74, 6) is 1.99. The van der Waals surface area contributed by atoms with Gasteiger partial charge in [0.05, 0.1) is 14.2 Å². The quantitative estimate of drug-likeness (QED) is 0.312. The molecule has 0 unspecified atom stereocenters. The Labute approximate surface area is 183 Å². The SMILES string of the molecule is CCNC(=NCCc1ccc(OC)c(OC)c1)NCCc1cccc(F)c1.I. The average molecular weight is 501 g/mol. The third kappa shape index (κ3) is 7.92. The van der Waals surface area contributed by atoms with Crippen LogP contribution in [0.5, 0.6) is 11.5 Å². The van der Waals surface area contributed by atoms with Gasteiger partial charge in [-0.25, -0.2) is 4.39 Å². The molecule has 0 spiro atoms. The lowest BCUT2D eigenvalue weighted by Crippen LogP contribution is -2.38. The lowest BCUT2D eigenvalue weighted by atomic mass is 10.1. The van der Waals surface area contributed by atoms with Gasteiger partial charge in [-0.05, 0) is 55.2 Å². The van der Waals surface area contributed by atoms with Crippen LogP contribution < -0.4 is 20.1 Å². The van der Waals surface area contributed by atoms with E-state index in [-0.39, 0.29) is 29.8 Å². The lowest BCUT2D eigenvalue weighted by molar-refractivity contribution is 0.354. The molecule has 0 aromatic heterocycles. The Morgan fingerprint density at radius 1 is 0.964 bits per heavy atom. The Balaban J connectivity index is 0.00000392. The second-order valence-electron chi connectivity index (χ2n) is 6.01. The highest BCUT2D eigenvalue weighted by Crippen LogP contribution is 2.27. The Hall–Kier alpha value is -2.03. The van der Waals surface area contributed by atoms with Gasteiger partial charge in [-0.3, -0.25) is 4.99 Å². The molecule has 0 saturated carbocycles. The van der Waals surface area contributed by atoms with Gasteiger partial charge in [-0.2, -0.15) is 0 Å². The fraction of sp³-hybridized carbons (Fsp3) is 0.381. The van der Waals surface area contributed by atoms with Crippen LogP contribution in [-0.2, 0) is 12.8 Å². The molecule has 0 atom stereocenters. The summed E-state index contributed by atoms with van der Waals surface area (Å²) >= 11 is 0. The summed E-state index contributed by atoms with van der Waals surface area (Å²) in [6, 6.07) is 12.6. The Kier molecular flexibility index (Phi) is 11.3. The second-order valence-corrected chi connectivity index (χ2v) is 6.01. The normalized spacial score (nSPS) is 10.8. The van der Waals surface area contributed by atoms with Crippen LogP contribution in [0.15, 0.2) is 47.5 Å². The van der Waals surface area contributed by atoms with Crippen molar-refractivity contribution in [1.82, 2.24) is 10.6 Å². The molecule has 2 N–H and O–H groups in total. The summed E-state index contributed by atoms with van der Waals surface area (Å²) in [5, 5.41) is 6.51. The summed E-state index contributed by atoms with van der Waals surface area (Å²) in [4.78, 5) is 4.60. The first-order valence-corrected chi connectivity index (χ1v) is 9.13. The highest BCUT2D eigenvalue weighted by atomic mass is 127. The number of nitrogens with zero attached hydrogens (tertiary/aromatic N) is 1. The zero-order valence-electron chi connectivity index (χ0n) is 16.6. The molecule has 0 aliphatic carbocycles. The average Bonchev–Trinajstić information content (AvgIpc) is 2.68. The maximum atomic E-state index is 13.2. The third-order valence-electron chi connectivity index (χ3n) is 4.06.